The molecular formula is C25H27ClN4O2S2. The molecule has 1 N–H and O–H groups in total. The van der Waals surface area contributed by atoms with Crippen LogP contribution in [0.3, 0.4) is 0 Å². The molecule has 9 heteroatoms. The summed E-state index contributed by atoms with van der Waals surface area (Å²) in [6, 6.07) is 9.48. The van der Waals surface area contributed by atoms with Crippen molar-refractivity contribution in [3.8, 4) is 6.07 Å². The Kier molecular flexibility index (Phi) is 8.58. The smallest absolute Gasteiger partial charge is 0.270 e. The fourth-order valence-corrected chi connectivity index (χ4v) is 5.47. The maximum absolute atomic E-state index is 13.2. The Labute approximate surface area is 214 Å². The molecule has 2 heterocycles. The second-order valence-corrected chi connectivity index (χ2v) is 10.4. The van der Waals surface area contributed by atoms with Crippen molar-refractivity contribution in [2.24, 2.45) is 0 Å². The third kappa shape index (κ3) is 5.22. The molecule has 1 aliphatic heterocycles. The first-order valence-corrected chi connectivity index (χ1v) is 12.7. The van der Waals surface area contributed by atoms with Crippen LogP contribution in [0.2, 0.25) is 5.02 Å². The van der Waals surface area contributed by atoms with Crippen molar-refractivity contribution in [2.75, 3.05) is 5.32 Å². The van der Waals surface area contributed by atoms with Gasteiger partial charge in [0.15, 0.2) is 0 Å². The van der Waals surface area contributed by atoms with Crippen molar-refractivity contribution in [1.29, 1.82) is 5.26 Å². The number of nitrogens with zero attached hydrogens (tertiary/aromatic N) is 3. The quantitative estimate of drug-likeness (QED) is 0.359. The minimum absolute atomic E-state index is 0.0644. The van der Waals surface area contributed by atoms with Crippen LogP contribution in [0.25, 0.3) is 6.08 Å². The normalized spacial score (nSPS) is 14.9. The number of halogens is 1. The van der Waals surface area contributed by atoms with Crippen LogP contribution in [-0.2, 0) is 17.9 Å². The molecule has 34 heavy (non-hydrogen) atoms. The van der Waals surface area contributed by atoms with Crippen molar-refractivity contribution < 1.29 is 4.79 Å². The van der Waals surface area contributed by atoms with Gasteiger partial charge in [0.2, 0.25) is 0 Å². The number of thioether (sulfide) groups is 1. The topological polar surface area (TPSA) is 78.1 Å². The largest absolute Gasteiger partial charge is 0.367 e. The van der Waals surface area contributed by atoms with Crippen LogP contribution in [-0.4, -0.2) is 25.7 Å². The predicted octanol–water partition coefficient (Wildman–Crippen LogP) is 5.70. The lowest BCUT2D eigenvalue weighted by Gasteiger charge is -2.21. The van der Waals surface area contributed by atoms with Crippen LogP contribution < -0.4 is 10.9 Å². The van der Waals surface area contributed by atoms with Gasteiger partial charge in [-0.3, -0.25) is 19.1 Å². The number of unbranched alkanes of at least 4 members (excludes halogenated alkanes) is 1. The highest BCUT2D eigenvalue weighted by molar-refractivity contribution is 8.26. The summed E-state index contributed by atoms with van der Waals surface area (Å²) >= 11 is 13.0. The van der Waals surface area contributed by atoms with E-state index in [9.17, 15) is 14.9 Å². The summed E-state index contributed by atoms with van der Waals surface area (Å²) in [6.45, 7) is 8.43. The molecule has 0 aliphatic carbocycles. The fraction of sp³-hybridized carbons (Fsp3) is 0.360. The van der Waals surface area contributed by atoms with E-state index in [-0.39, 0.29) is 23.1 Å². The lowest BCUT2D eigenvalue weighted by Crippen LogP contribution is -2.34. The van der Waals surface area contributed by atoms with Gasteiger partial charge in [0.1, 0.15) is 21.8 Å². The molecule has 1 amide bonds. The standard InChI is InChI=1S/C25H27ClN4O2S2/c1-5-6-11-29-22(28-14-17-9-7-8-10-20(17)26)18(16(4)19(13-27)23(29)31)12-21-24(32)30(15(2)3)25(33)34-21/h7-10,12,15,28H,5-6,11,14H2,1-4H3/b21-12+. The van der Waals surface area contributed by atoms with E-state index >= 15 is 0 Å². The van der Waals surface area contributed by atoms with E-state index in [0.717, 1.165) is 18.4 Å². The first-order valence-electron chi connectivity index (χ1n) is 11.1. The summed E-state index contributed by atoms with van der Waals surface area (Å²) in [6.07, 6.45) is 3.40. The molecule has 0 bridgehead atoms. The number of aromatic nitrogens is 1. The number of thiocarbonyl (C=S) groups is 1. The first-order chi connectivity index (χ1) is 16.2. The summed E-state index contributed by atoms with van der Waals surface area (Å²) in [5.41, 5.74) is 1.75. The monoisotopic (exact) mass is 514 g/mol. The van der Waals surface area contributed by atoms with Gasteiger partial charge in [-0.15, -0.1) is 0 Å². The molecule has 0 radical (unpaired) electrons. The third-order valence-corrected chi connectivity index (χ3v) is 7.33. The summed E-state index contributed by atoms with van der Waals surface area (Å²) < 4.78 is 2.09. The zero-order valence-corrected chi connectivity index (χ0v) is 22.0. The van der Waals surface area contributed by atoms with Gasteiger partial charge in [-0.05, 0) is 50.5 Å². The minimum atomic E-state index is -0.345. The molecular weight excluding hydrogens is 488 g/mol. The van der Waals surface area contributed by atoms with Gasteiger partial charge >= 0.3 is 0 Å². The van der Waals surface area contributed by atoms with Crippen molar-refractivity contribution in [1.82, 2.24) is 9.47 Å². The number of hydrogen-bond acceptors (Lipinski definition) is 6. The van der Waals surface area contributed by atoms with Crippen LogP contribution in [0.5, 0.6) is 0 Å². The number of nitriles is 1. The van der Waals surface area contributed by atoms with Crippen LogP contribution in [0, 0.1) is 18.3 Å². The van der Waals surface area contributed by atoms with Gasteiger partial charge in [0, 0.05) is 29.7 Å². The maximum Gasteiger partial charge on any atom is 0.270 e. The average Bonchev–Trinajstić information content (AvgIpc) is 3.08. The Bertz CT molecular complexity index is 1260. The Morgan fingerprint density at radius 1 is 1.29 bits per heavy atom. The zero-order chi connectivity index (χ0) is 25.0. The number of amides is 1. The zero-order valence-electron chi connectivity index (χ0n) is 19.6. The summed E-state index contributed by atoms with van der Waals surface area (Å²) in [5, 5.41) is 13.7. The maximum atomic E-state index is 13.2. The molecule has 2 aromatic rings. The van der Waals surface area contributed by atoms with E-state index in [1.54, 1.807) is 22.5 Å². The van der Waals surface area contributed by atoms with E-state index in [2.05, 4.69) is 11.4 Å². The van der Waals surface area contributed by atoms with Crippen molar-refractivity contribution in [3.05, 3.63) is 66.8 Å². The fourth-order valence-electron chi connectivity index (χ4n) is 3.76. The van der Waals surface area contributed by atoms with Gasteiger partial charge in [0.25, 0.3) is 11.5 Å². The summed E-state index contributed by atoms with van der Waals surface area (Å²) in [7, 11) is 0. The van der Waals surface area contributed by atoms with Gasteiger partial charge in [-0.2, -0.15) is 5.26 Å². The number of nitrogens with one attached hydrogen (secondary N) is 1. The molecule has 0 atom stereocenters. The first kappa shape index (κ1) is 26.0. The third-order valence-electron chi connectivity index (χ3n) is 5.63. The number of carbonyl (C=O) groups is 1. The number of rotatable bonds is 8. The number of carbonyl (C=O) groups excluding carboxylic acids is 1. The number of anilines is 1. The molecule has 1 aromatic heterocycles. The van der Waals surface area contributed by atoms with Gasteiger partial charge in [-0.1, -0.05) is 67.1 Å². The molecule has 3 rings (SSSR count). The van der Waals surface area contributed by atoms with E-state index in [4.69, 9.17) is 23.8 Å². The lowest BCUT2D eigenvalue weighted by atomic mass is 10.0. The van der Waals surface area contributed by atoms with E-state index in [1.165, 1.54) is 11.8 Å². The predicted molar refractivity (Wildman–Crippen MR) is 144 cm³/mol. The molecule has 0 unspecified atom stereocenters. The van der Waals surface area contributed by atoms with E-state index in [1.807, 2.05) is 45.0 Å². The van der Waals surface area contributed by atoms with Crippen molar-refractivity contribution in [2.45, 2.75) is 59.7 Å². The summed E-state index contributed by atoms with van der Waals surface area (Å²) in [5.74, 6) is 0.385. The number of pyridine rings is 1. The molecule has 6 nitrogen and oxygen atoms in total. The molecule has 178 valence electrons. The lowest BCUT2D eigenvalue weighted by molar-refractivity contribution is -0.123. The summed E-state index contributed by atoms with van der Waals surface area (Å²) in [4.78, 5) is 28.3. The molecule has 0 spiro atoms. The highest BCUT2D eigenvalue weighted by Gasteiger charge is 2.34. The Morgan fingerprint density at radius 3 is 2.59 bits per heavy atom. The molecule has 1 aromatic carbocycles. The number of hydrogen-bond donors (Lipinski definition) is 1. The van der Waals surface area contributed by atoms with Crippen LogP contribution in [0.1, 0.15) is 55.9 Å². The molecule has 1 aliphatic rings. The highest BCUT2D eigenvalue weighted by atomic mass is 35.5. The molecule has 0 saturated carbocycles. The minimum Gasteiger partial charge on any atom is -0.367 e. The Morgan fingerprint density at radius 2 is 2.00 bits per heavy atom. The Balaban J connectivity index is 2.19. The average molecular weight is 515 g/mol. The van der Waals surface area contributed by atoms with Crippen molar-refractivity contribution >= 4 is 57.7 Å². The van der Waals surface area contributed by atoms with Crippen molar-refractivity contribution in [3.63, 3.8) is 0 Å². The van der Waals surface area contributed by atoms with Crippen LogP contribution in [0.4, 0.5) is 5.82 Å². The van der Waals surface area contributed by atoms with Gasteiger partial charge < -0.3 is 5.32 Å². The van der Waals surface area contributed by atoms with E-state index in [0.29, 0.717) is 44.3 Å². The number of benzene rings is 1. The van der Waals surface area contributed by atoms with Crippen LogP contribution >= 0.6 is 35.6 Å². The molecule has 1 fully saturated rings. The second kappa shape index (κ2) is 11.2. The van der Waals surface area contributed by atoms with E-state index < -0.39 is 0 Å². The highest BCUT2D eigenvalue weighted by Crippen LogP contribution is 2.36. The Hall–Kier alpha value is -2.60. The SMILES string of the molecule is CCCCn1c(NCc2ccccc2Cl)c(/C=C2/SC(=S)N(C(C)C)C2=O)c(C)c(C#N)c1=O. The van der Waals surface area contributed by atoms with Crippen LogP contribution in [0.15, 0.2) is 34.0 Å². The van der Waals surface area contributed by atoms with Gasteiger partial charge in [-0.25, -0.2) is 0 Å². The van der Waals surface area contributed by atoms with Gasteiger partial charge in [0.05, 0.1) is 4.91 Å². The second-order valence-electron chi connectivity index (χ2n) is 8.27. The molecule has 1 saturated heterocycles.